The number of carbonyl (C=O) groups excluding carboxylic acids is 2. The number of ether oxygens (including phenoxy) is 2. The van der Waals surface area contributed by atoms with Crippen LogP contribution < -0.4 is 15.0 Å². The van der Waals surface area contributed by atoms with E-state index in [9.17, 15) is 14.0 Å². The molecule has 0 unspecified atom stereocenters. The summed E-state index contributed by atoms with van der Waals surface area (Å²) < 4.78 is 25.8. The second-order valence-electron chi connectivity index (χ2n) is 14.3. The third-order valence-electron chi connectivity index (χ3n) is 8.82. The number of hydrogen-bond acceptors (Lipinski definition) is 9. The van der Waals surface area contributed by atoms with Gasteiger partial charge in [-0.25, -0.2) is 14.2 Å². The molecule has 3 heterocycles. The van der Waals surface area contributed by atoms with E-state index in [-0.39, 0.29) is 40.7 Å². The summed E-state index contributed by atoms with van der Waals surface area (Å²) >= 11 is 0. The number of rotatable bonds is 13. The Morgan fingerprint density at radius 1 is 1.13 bits per heavy atom. The number of hydrogen-bond donors (Lipinski definition) is 1. The van der Waals surface area contributed by atoms with E-state index in [1.807, 2.05) is 41.5 Å². The van der Waals surface area contributed by atoms with Crippen LogP contribution in [-0.4, -0.2) is 93.9 Å². The Labute approximate surface area is 273 Å². The molecule has 2 fully saturated rings. The third-order valence-corrected chi connectivity index (χ3v) is 8.82. The maximum Gasteiger partial charge on any atom is 0.407 e. The molecule has 2 amide bonds. The van der Waals surface area contributed by atoms with E-state index in [1.165, 1.54) is 24.5 Å². The predicted molar refractivity (Wildman–Crippen MR) is 176 cm³/mol. The highest BCUT2D eigenvalue weighted by atomic mass is 19.1. The molecule has 2 aliphatic heterocycles. The Hall–Kier alpha value is -3.54. The van der Waals surface area contributed by atoms with Crippen LogP contribution in [0.1, 0.15) is 91.4 Å². The molecule has 2 aromatic rings. The van der Waals surface area contributed by atoms with E-state index in [4.69, 9.17) is 9.47 Å². The zero-order chi connectivity index (χ0) is 33.6. The number of likely N-dealkylation sites (tertiary alicyclic amines) is 1. The highest BCUT2D eigenvalue weighted by Crippen LogP contribution is 2.44. The third kappa shape index (κ3) is 8.83. The number of carbonyl (C=O) groups is 2. The normalized spacial score (nSPS) is 16.9. The average Bonchev–Trinajstić information content (AvgIpc) is 3.40. The van der Waals surface area contributed by atoms with E-state index in [0.717, 1.165) is 51.9 Å². The van der Waals surface area contributed by atoms with E-state index >= 15 is 0 Å². The van der Waals surface area contributed by atoms with Crippen molar-refractivity contribution in [1.29, 1.82) is 0 Å². The standard InChI is InChI=1S/C34H52FN7O4/c1-9-42(24(4)5)31(43)26-18-25(35)13-14-28(26)45-30-29(37-22-38-39-30)40-17-15-34(19-40)20-41(21-34)27(23(2)3)12-10-11-16-36-32(44)46-33(6,7)8/h13-14,18,22-24,27H,9-12,15-17,19-21H2,1-8H3,(H,36,44)/t27-/m0/s1. The number of unbranched alkanes of at least 4 members (excludes halogenated alkanes) is 1. The van der Waals surface area contributed by atoms with E-state index in [0.29, 0.717) is 30.9 Å². The molecule has 2 aliphatic rings. The van der Waals surface area contributed by atoms with Gasteiger partial charge in [-0.2, -0.15) is 0 Å². The van der Waals surface area contributed by atoms with Crippen molar-refractivity contribution in [2.24, 2.45) is 11.3 Å². The summed E-state index contributed by atoms with van der Waals surface area (Å²) in [6.07, 6.45) is 5.08. The first kappa shape index (κ1) is 35.3. The van der Waals surface area contributed by atoms with Crippen molar-refractivity contribution in [1.82, 2.24) is 30.3 Å². The topological polar surface area (TPSA) is 113 Å². The molecule has 0 aliphatic carbocycles. The van der Waals surface area contributed by atoms with Gasteiger partial charge in [-0.05, 0) is 84.9 Å². The van der Waals surface area contributed by atoms with Crippen LogP contribution in [0.2, 0.25) is 0 Å². The van der Waals surface area contributed by atoms with Gasteiger partial charge in [-0.3, -0.25) is 9.69 Å². The molecule has 0 saturated carbocycles. The lowest BCUT2D eigenvalue weighted by Crippen LogP contribution is -2.61. The monoisotopic (exact) mass is 641 g/mol. The maximum absolute atomic E-state index is 14.3. The van der Waals surface area contributed by atoms with E-state index in [1.54, 1.807) is 4.90 Å². The lowest BCUT2D eigenvalue weighted by molar-refractivity contribution is -0.0340. The quantitative estimate of drug-likeness (QED) is 0.267. The van der Waals surface area contributed by atoms with Crippen molar-refractivity contribution in [2.75, 3.05) is 44.2 Å². The molecule has 0 bridgehead atoms. The summed E-state index contributed by atoms with van der Waals surface area (Å²) in [4.78, 5) is 36.3. The van der Waals surface area contributed by atoms with Crippen molar-refractivity contribution in [3.63, 3.8) is 0 Å². The van der Waals surface area contributed by atoms with Gasteiger partial charge >= 0.3 is 6.09 Å². The van der Waals surface area contributed by atoms with Crippen LogP contribution in [0.25, 0.3) is 0 Å². The number of nitrogens with one attached hydrogen (secondary N) is 1. The summed E-state index contributed by atoms with van der Waals surface area (Å²) in [6, 6.07) is 4.37. The molecule has 1 N–H and O–H groups in total. The van der Waals surface area contributed by atoms with E-state index < -0.39 is 11.4 Å². The lowest BCUT2D eigenvalue weighted by atomic mass is 9.76. The molecule has 1 aromatic carbocycles. The Kier molecular flexibility index (Phi) is 11.5. The molecule has 12 heteroatoms. The van der Waals surface area contributed by atoms with Crippen LogP contribution >= 0.6 is 0 Å². The van der Waals surface area contributed by atoms with Crippen molar-refractivity contribution in [3.8, 4) is 11.6 Å². The molecule has 1 atom stereocenters. The Bertz CT molecular complexity index is 1340. The van der Waals surface area contributed by atoms with Crippen molar-refractivity contribution in [2.45, 2.75) is 98.8 Å². The summed E-state index contributed by atoms with van der Waals surface area (Å²) in [6.45, 7) is 20.6. The van der Waals surface area contributed by atoms with Crippen LogP contribution in [0.15, 0.2) is 24.5 Å². The van der Waals surface area contributed by atoms with Crippen LogP contribution in [-0.2, 0) is 4.74 Å². The average molecular weight is 642 g/mol. The molecule has 1 aromatic heterocycles. The first-order valence-corrected chi connectivity index (χ1v) is 16.6. The molecule has 1 spiro atoms. The fourth-order valence-corrected chi connectivity index (χ4v) is 6.65. The van der Waals surface area contributed by atoms with Crippen molar-refractivity contribution < 1.29 is 23.5 Å². The highest BCUT2D eigenvalue weighted by molar-refractivity contribution is 5.97. The van der Waals surface area contributed by atoms with Crippen LogP contribution in [0.4, 0.5) is 15.0 Å². The summed E-state index contributed by atoms with van der Waals surface area (Å²) in [7, 11) is 0. The molecular formula is C34H52FN7O4. The van der Waals surface area contributed by atoms with Gasteiger partial charge in [0.05, 0.1) is 5.56 Å². The zero-order valence-electron chi connectivity index (χ0n) is 28.8. The predicted octanol–water partition coefficient (Wildman–Crippen LogP) is 5.91. The van der Waals surface area contributed by atoms with Gasteiger partial charge in [0.1, 0.15) is 23.5 Å². The molecule has 254 valence electrons. The van der Waals surface area contributed by atoms with Crippen molar-refractivity contribution >= 4 is 17.8 Å². The minimum Gasteiger partial charge on any atom is -0.444 e. The zero-order valence-corrected chi connectivity index (χ0v) is 28.8. The number of halogens is 1. The number of aromatic nitrogens is 3. The van der Waals surface area contributed by atoms with E-state index in [2.05, 4.69) is 44.1 Å². The first-order chi connectivity index (χ1) is 21.7. The van der Waals surface area contributed by atoms with Crippen LogP contribution in [0.3, 0.4) is 0 Å². The summed E-state index contributed by atoms with van der Waals surface area (Å²) in [5, 5.41) is 11.1. The first-order valence-electron chi connectivity index (χ1n) is 16.6. The minimum absolute atomic E-state index is 0.0540. The molecule has 0 radical (unpaired) electrons. The maximum atomic E-state index is 14.3. The number of nitrogens with zero attached hydrogens (tertiary/aromatic N) is 6. The second-order valence-corrected chi connectivity index (χ2v) is 14.3. The SMILES string of the molecule is CCN(C(=O)c1cc(F)ccc1Oc1nncnc1N1CCC2(C1)CN([C@@H](CCCCNC(=O)OC(C)(C)C)C(C)C)C2)C(C)C. The number of amides is 2. The van der Waals surface area contributed by atoms with Gasteiger partial charge in [-0.15, -0.1) is 10.2 Å². The lowest BCUT2D eigenvalue weighted by Gasteiger charge is -2.53. The van der Waals surface area contributed by atoms with Gasteiger partial charge in [0.2, 0.25) is 0 Å². The molecule has 46 heavy (non-hydrogen) atoms. The molecule has 2 saturated heterocycles. The minimum atomic E-state index is -0.513. The fourth-order valence-electron chi connectivity index (χ4n) is 6.65. The fraction of sp³-hybridized carbons (Fsp3) is 0.676. The smallest absolute Gasteiger partial charge is 0.407 e. The largest absolute Gasteiger partial charge is 0.444 e. The van der Waals surface area contributed by atoms with Crippen molar-refractivity contribution in [3.05, 3.63) is 35.9 Å². The summed E-state index contributed by atoms with van der Waals surface area (Å²) in [5.41, 5.74) is -0.200. The molecule has 11 nitrogen and oxygen atoms in total. The van der Waals surface area contributed by atoms with Crippen LogP contribution in [0, 0.1) is 17.2 Å². The van der Waals surface area contributed by atoms with Gasteiger partial charge in [0.15, 0.2) is 5.82 Å². The Balaban J connectivity index is 1.36. The summed E-state index contributed by atoms with van der Waals surface area (Å²) in [5.74, 6) is 0.692. The van der Waals surface area contributed by atoms with Crippen LogP contribution in [0.5, 0.6) is 11.6 Å². The van der Waals surface area contributed by atoms with Gasteiger partial charge < -0.3 is 24.6 Å². The Morgan fingerprint density at radius 3 is 2.52 bits per heavy atom. The Morgan fingerprint density at radius 2 is 1.87 bits per heavy atom. The number of benzene rings is 1. The highest BCUT2D eigenvalue weighted by Gasteiger charge is 2.50. The van der Waals surface area contributed by atoms with Gasteiger partial charge in [-0.1, -0.05) is 20.3 Å². The van der Waals surface area contributed by atoms with Gasteiger partial charge in [0, 0.05) is 56.8 Å². The van der Waals surface area contributed by atoms with Gasteiger partial charge in [0.25, 0.3) is 11.8 Å². The number of alkyl carbamates (subject to hydrolysis) is 1. The molecule has 4 rings (SSSR count). The molecular weight excluding hydrogens is 589 g/mol. The second kappa shape index (κ2) is 14.9. The number of anilines is 1.